The summed E-state index contributed by atoms with van der Waals surface area (Å²) in [5.41, 5.74) is 0.435. The summed E-state index contributed by atoms with van der Waals surface area (Å²) in [4.78, 5) is 20.9. The average Bonchev–Trinajstić information content (AvgIpc) is 2.89. The fourth-order valence-corrected chi connectivity index (χ4v) is 5.11. The number of benzene rings is 2. The third-order valence-electron chi connectivity index (χ3n) is 6.58. The minimum absolute atomic E-state index is 0.0189. The predicted molar refractivity (Wildman–Crippen MR) is 130 cm³/mol. The van der Waals surface area contributed by atoms with E-state index in [0.717, 1.165) is 4.90 Å². The first-order valence-corrected chi connectivity index (χ1v) is 12.3. The van der Waals surface area contributed by atoms with Crippen LogP contribution < -0.4 is 14.8 Å². The summed E-state index contributed by atoms with van der Waals surface area (Å²) >= 11 is 11.8. The summed E-state index contributed by atoms with van der Waals surface area (Å²) in [5.74, 6) is -2.50. The molecule has 3 aliphatic rings. The van der Waals surface area contributed by atoms with Crippen molar-refractivity contribution in [1.29, 1.82) is 0 Å². The number of aliphatic hydroxyl groups is 1. The van der Waals surface area contributed by atoms with Gasteiger partial charge in [0.15, 0.2) is 17.3 Å². The van der Waals surface area contributed by atoms with Crippen molar-refractivity contribution in [2.75, 3.05) is 31.6 Å². The molecule has 1 saturated carbocycles. The van der Waals surface area contributed by atoms with Crippen LogP contribution in [0.5, 0.6) is 11.5 Å². The van der Waals surface area contributed by atoms with Gasteiger partial charge in [-0.25, -0.2) is 14.4 Å². The van der Waals surface area contributed by atoms with Crippen molar-refractivity contribution in [3.05, 3.63) is 46.5 Å². The minimum Gasteiger partial charge on any atom is -0.487 e. The number of alkyl halides is 3. The molecule has 0 unspecified atom stereocenters. The van der Waals surface area contributed by atoms with E-state index < -0.39 is 24.0 Å². The number of hydrogen-bond donors (Lipinski definition) is 2. The summed E-state index contributed by atoms with van der Waals surface area (Å²) in [5, 5.41) is 12.3. The molecule has 1 aromatic heterocycles. The van der Waals surface area contributed by atoms with Gasteiger partial charge < -0.3 is 24.8 Å². The van der Waals surface area contributed by atoms with Crippen LogP contribution in [0.2, 0.25) is 10.0 Å². The molecule has 2 N–H and O–H groups in total. The van der Waals surface area contributed by atoms with E-state index in [9.17, 15) is 27.5 Å². The Balaban J connectivity index is 1.44. The Morgan fingerprint density at radius 1 is 1.16 bits per heavy atom. The van der Waals surface area contributed by atoms with Crippen LogP contribution in [0.1, 0.15) is 6.42 Å². The number of fused-ring (bicyclic) bond motifs is 3. The highest BCUT2D eigenvalue weighted by atomic mass is 35.5. The smallest absolute Gasteiger partial charge is 0.471 e. The molecule has 2 bridgehead atoms. The van der Waals surface area contributed by atoms with Crippen molar-refractivity contribution in [3.63, 3.8) is 0 Å². The molecule has 0 spiro atoms. The number of halogens is 6. The van der Waals surface area contributed by atoms with E-state index >= 15 is 0 Å². The first-order chi connectivity index (χ1) is 18.1. The van der Waals surface area contributed by atoms with Gasteiger partial charge in [0.2, 0.25) is 0 Å². The Morgan fingerprint density at radius 2 is 1.89 bits per heavy atom. The van der Waals surface area contributed by atoms with E-state index in [1.54, 1.807) is 12.1 Å². The lowest BCUT2D eigenvalue weighted by Gasteiger charge is -2.52. The molecular formula is C24H20Cl2F4N4O4. The Bertz CT molecular complexity index is 1380. The lowest BCUT2D eigenvalue weighted by Crippen LogP contribution is -2.63. The molecule has 38 heavy (non-hydrogen) atoms. The highest BCUT2D eigenvalue weighted by Gasteiger charge is 2.53. The van der Waals surface area contributed by atoms with Crippen LogP contribution in [-0.2, 0) is 4.79 Å². The number of hydrogen-bond acceptors (Lipinski definition) is 7. The zero-order chi connectivity index (χ0) is 27.2. The van der Waals surface area contributed by atoms with Crippen LogP contribution in [-0.4, -0.2) is 64.5 Å². The van der Waals surface area contributed by atoms with E-state index in [1.165, 1.54) is 18.5 Å². The number of carbonyl (C=O) groups is 1. The van der Waals surface area contributed by atoms with Gasteiger partial charge in [0.05, 0.1) is 27.9 Å². The number of rotatable bonds is 7. The predicted octanol–water partition coefficient (Wildman–Crippen LogP) is 4.98. The van der Waals surface area contributed by atoms with Crippen molar-refractivity contribution in [1.82, 2.24) is 14.9 Å². The second-order valence-electron chi connectivity index (χ2n) is 9.00. The summed E-state index contributed by atoms with van der Waals surface area (Å²) in [7, 11) is 0. The number of nitrogens with one attached hydrogen (secondary N) is 1. The van der Waals surface area contributed by atoms with Crippen molar-refractivity contribution in [2.24, 2.45) is 11.8 Å². The van der Waals surface area contributed by atoms with Gasteiger partial charge in [0.25, 0.3) is 0 Å². The SMILES string of the molecule is O=C(N1C[C@H]2C[C@@H](C1)[C@H]2Oc1cc2c(Nc3ccc(Cl)c(Cl)c3F)ncnc2cc1OCCO)C(F)(F)F. The topological polar surface area (TPSA) is 96.8 Å². The van der Waals surface area contributed by atoms with Gasteiger partial charge in [0, 0.05) is 36.4 Å². The monoisotopic (exact) mass is 574 g/mol. The first kappa shape index (κ1) is 26.5. The quantitative estimate of drug-likeness (QED) is 0.303. The standard InChI is InChI=1S/C24H20Cl2F4N4O4/c25-14-1-2-15(20(27)19(14)26)33-22-13-6-18(17(37-4-3-35)7-16(13)31-10-32-22)38-21-11-5-12(21)9-34(8-11)23(36)24(28,29)30/h1-2,6-7,10-12,21,35H,3-5,8-9H2,(H,31,32,33)/t11-,12+,21+. The van der Waals surface area contributed by atoms with Gasteiger partial charge in [-0.05, 0) is 24.6 Å². The van der Waals surface area contributed by atoms with Gasteiger partial charge in [-0.15, -0.1) is 0 Å². The highest BCUT2D eigenvalue weighted by Crippen LogP contribution is 2.46. The van der Waals surface area contributed by atoms with Crippen molar-refractivity contribution in [2.45, 2.75) is 18.7 Å². The number of piperidine rings is 2. The Labute approximate surface area is 223 Å². The highest BCUT2D eigenvalue weighted by molar-refractivity contribution is 6.42. The van der Waals surface area contributed by atoms with Crippen LogP contribution in [0.4, 0.5) is 29.1 Å². The minimum atomic E-state index is -4.93. The number of carbonyl (C=O) groups excluding carboxylic acids is 1. The molecular weight excluding hydrogens is 555 g/mol. The lowest BCUT2D eigenvalue weighted by atomic mass is 9.68. The number of anilines is 2. The fourth-order valence-electron chi connectivity index (χ4n) is 4.80. The molecule has 202 valence electrons. The summed E-state index contributed by atoms with van der Waals surface area (Å²) in [6, 6.07) is 5.96. The third kappa shape index (κ3) is 4.99. The molecule has 2 saturated heterocycles. The van der Waals surface area contributed by atoms with E-state index in [0.29, 0.717) is 17.3 Å². The Morgan fingerprint density at radius 3 is 2.58 bits per heavy atom. The van der Waals surface area contributed by atoms with E-state index in [-0.39, 0.29) is 71.2 Å². The molecule has 0 radical (unpaired) electrons. The normalized spacial score (nSPS) is 20.7. The largest absolute Gasteiger partial charge is 0.487 e. The Hall–Kier alpha value is -3.09. The zero-order valence-corrected chi connectivity index (χ0v) is 20.9. The molecule has 1 aliphatic carbocycles. The molecule has 3 fully saturated rings. The number of ether oxygens (including phenoxy) is 2. The van der Waals surface area contributed by atoms with Gasteiger partial charge >= 0.3 is 12.1 Å². The Kier molecular flexibility index (Phi) is 7.14. The molecule has 6 rings (SSSR count). The number of nitrogens with zero attached hydrogens (tertiary/aromatic N) is 3. The van der Waals surface area contributed by atoms with Gasteiger partial charge in [-0.1, -0.05) is 23.2 Å². The van der Waals surface area contributed by atoms with E-state index in [4.69, 9.17) is 32.7 Å². The number of aromatic nitrogens is 2. The van der Waals surface area contributed by atoms with Crippen LogP contribution in [0.3, 0.4) is 0 Å². The van der Waals surface area contributed by atoms with Gasteiger partial charge in [-0.3, -0.25) is 4.79 Å². The molecule has 3 atom stereocenters. The molecule has 1 amide bonds. The maximum absolute atomic E-state index is 14.7. The zero-order valence-electron chi connectivity index (χ0n) is 19.4. The van der Waals surface area contributed by atoms with Crippen molar-refractivity contribution < 1.29 is 36.9 Å². The van der Waals surface area contributed by atoms with Gasteiger partial charge in [0.1, 0.15) is 24.9 Å². The number of amides is 1. The molecule has 14 heteroatoms. The second kappa shape index (κ2) is 10.2. The van der Waals surface area contributed by atoms with Crippen LogP contribution >= 0.6 is 23.2 Å². The molecule has 2 aliphatic heterocycles. The first-order valence-electron chi connectivity index (χ1n) is 11.5. The van der Waals surface area contributed by atoms with Crippen LogP contribution in [0.15, 0.2) is 30.6 Å². The number of aliphatic hydroxyl groups excluding tert-OH is 1. The molecule has 3 aromatic rings. The van der Waals surface area contributed by atoms with E-state index in [2.05, 4.69) is 15.3 Å². The fraction of sp³-hybridized carbons (Fsp3) is 0.375. The van der Waals surface area contributed by atoms with Crippen molar-refractivity contribution >= 4 is 51.5 Å². The molecule has 8 nitrogen and oxygen atoms in total. The second-order valence-corrected chi connectivity index (χ2v) is 9.79. The molecule has 3 heterocycles. The van der Waals surface area contributed by atoms with Gasteiger partial charge in [-0.2, -0.15) is 13.2 Å². The van der Waals surface area contributed by atoms with Crippen LogP contribution in [0.25, 0.3) is 10.9 Å². The summed E-state index contributed by atoms with van der Waals surface area (Å²) in [6.45, 7) is -0.468. The third-order valence-corrected chi connectivity index (χ3v) is 7.36. The maximum Gasteiger partial charge on any atom is 0.471 e. The average molecular weight is 575 g/mol. The van der Waals surface area contributed by atoms with Crippen molar-refractivity contribution in [3.8, 4) is 11.5 Å². The summed E-state index contributed by atoms with van der Waals surface area (Å²) in [6.07, 6.45) is -3.49. The molecule has 2 aromatic carbocycles. The van der Waals surface area contributed by atoms with Crippen LogP contribution in [0, 0.1) is 17.7 Å². The lowest BCUT2D eigenvalue weighted by molar-refractivity contribution is -0.196. The van der Waals surface area contributed by atoms with E-state index in [1.807, 2.05) is 0 Å². The maximum atomic E-state index is 14.7. The summed E-state index contributed by atoms with van der Waals surface area (Å²) < 4.78 is 65.2.